The summed E-state index contributed by atoms with van der Waals surface area (Å²) >= 11 is 0. The topological polar surface area (TPSA) is 116 Å². The largest absolute Gasteiger partial charge is 0.506 e. The summed E-state index contributed by atoms with van der Waals surface area (Å²) in [6.07, 6.45) is 0. The van der Waals surface area contributed by atoms with Gasteiger partial charge in [-0.25, -0.2) is 0 Å². The average Bonchev–Trinajstić information content (AvgIpc) is 2.65. The van der Waals surface area contributed by atoms with Crippen molar-refractivity contribution in [2.75, 3.05) is 14.2 Å². The maximum absolute atomic E-state index is 12.6. The Kier molecular flexibility index (Phi) is 4.17. The van der Waals surface area contributed by atoms with E-state index in [0.29, 0.717) is 0 Å². The molecule has 2 aromatic carbocycles. The molecule has 1 aliphatic carbocycles. The predicted octanol–water partition coefficient (Wildman–Crippen LogP) is 2.80. The lowest BCUT2D eigenvalue weighted by atomic mass is 9.84. The van der Waals surface area contributed by atoms with Crippen molar-refractivity contribution in [2.24, 2.45) is 0 Å². The molecule has 0 saturated heterocycles. The molecule has 0 aliphatic heterocycles. The first-order chi connectivity index (χ1) is 12.4. The van der Waals surface area contributed by atoms with Crippen LogP contribution in [0.4, 0.5) is 5.69 Å². The molecule has 3 rings (SSSR count). The number of nitro benzene ring substituents is 1. The molecule has 0 unspecified atom stereocenters. The standard InChI is InChI=1S/C18H13NO7/c1-25-13-7-10-11(8-14(13)26-2)17(21)18(22)15(16(10)20)9-5-3-4-6-12(9)19(23)24/h3-8,20H,1-2H3. The fraction of sp³-hybridized carbons (Fsp3) is 0.111. The van der Waals surface area contributed by atoms with E-state index in [2.05, 4.69) is 0 Å². The number of para-hydroxylation sites is 1. The molecule has 8 heteroatoms. The Balaban J connectivity index is 2.34. The van der Waals surface area contributed by atoms with Gasteiger partial charge in [-0.1, -0.05) is 12.1 Å². The summed E-state index contributed by atoms with van der Waals surface area (Å²) in [4.78, 5) is 35.7. The number of Topliss-reactive ketones (excluding diaryl/α,β-unsaturated/α-hetero) is 2. The molecule has 26 heavy (non-hydrogen) atoms. The Morgan fingerprint density at radius 3 is 2.08 bits per heavy atom. The predicted molar refractivity (Wildman–Crippen MR) is 91.4 cm³/mol. The Morgan fingerprint density at radius 1 is 0.923 bits per heavy atom. The number of ether oxygens (including phenoxy) is 2. The maximum atomic E-state index is 12.6. The zero-order valence-corrected chi connectivity index (χ0v) is 13.8. The quantitative estimate of drug-likeness (QED) is 0.509. The number of carbonyl (C=O) groups excluding carboxylic acids is 2. The van der Waals surface area contributed by atoms with Gasteiger partial charge in [0.25, 0.3) is 5.69 Å². The second-order valence-corrected chi connectivity index (χ2v) is 5.41. The number of nitro groups is 1. The molecule has 1 N–H and O–H groups in total. The summed E-state index contributed by atoms with van der Waals surface area (Å²) in [5.41, 5.74) is -0.956. The molecule has 0 fully saturated rings. The number of hydrogen-bond acceptors (Lipinski definition) is 7. The summed E-state index contributed by atoms with van der Waals surface area (Å²) in [6, 6.07) is 8.04. The number of ketones is 2. The summed E-state index contributed by atoms with van der Waals surface area (Å²) in [5, 5.41) is 21.9. The van der Waals surface area contributed by atoms with Crippen LogP contribution in [0.2, 0.25) is 0 Å². The lowest BCUT2D eigenvalue weighted by Crippen LogP contribution is -2.24. The number of benzene rings is 2. The van der Waals surface area contributed by atoms with Gasteiger partial charge in [0, 0.05) is 17.2 Å². The van der Waals surface area contributed by atoms with E-state index in [1.165, 1.54) is 50.6 Å². The highest BCUT2D eigenvalue weighted by Gasteiger charge is 2.37. The molecule has 0 atom stereocenters. The molecule has 132 valence electrons. The summed E-state index contributed by atoms with van der Waals surface area (Å²) < 4.78 is 10.3. The van der Waals surface area contributed by atoms with E-state index in [1.54, 1.807) is 0 Å². The van der Waals surface area contributed by atoms with Crippen molar-refractivity contribution in [2.45, 2.75) is 0 Å². The van der Waals surface area contributed by atoms with Crippen LogP contribution in [0.1, 0.15) is 21.5 Å². The summed E-state index contributed by atoms with van der Waals surface area (Å²) in [7, 11) is 2.75. The number of rotatable bonds is 4. The Bertz CT molecular complexity index is 991. The molecule has 8 nitrogen and oxygen atoms in total. The molecule has 0 amide bonds. The Hall–Kier alpha value is -3.68. The second kappa shape index (κ2) is 6.32. The van der Waals surface area contributed by atoms with E-state index >= 15 is 0 Å². The Labute approximate surface area is 147 Å². The van der Waals surface area contributed by atoms with Gasteiger partial charge in [0.1, 0.15) is 5.76 Å². The van der Waals surface area contributed by atoms with Crippen molar-refractivity contribution in [1.82, 2.24) is 0 Å². The van der Waals surface area contributed by atoms with Gasteiger partial charge in [-0.2, -0.15) is 0 Å². The SMILES string of the molecule is COc1cc2c(cc1OC)C(O)=C(c1ccccc1[N+](=O)[O-])C(=O)C2=O. The monoisotopic (exact) mass is 355 g/mol. The van der Waals surface area contributed by atoms with Crippen LogP contribution in [0, 0.1) is 10.1 Å². The molecule has 0 aromatic heterocycles. The first-order valence-corrected chi connectivity index (χ1v) is 7.43. The number of fused-ring (bicyclic) bond motifs is 1. The zero-order chi connectivity index (χ0) is 19.0. The van der Waals surface area contributed by atoms with Crippen molar-refractivity contribution in [3.63, 3.8) is 0 Å². The molecule has 0 spiro atoms. The van der Waals surface area contributed by atoms with Crippen molar-refractivity contribution in [1.29, 1.82) is 0 Å². The molecular formula is C18H13NO7. The molecule has 2 aromatic rings. The van der Waals surface area contributed by atoms with Crippen LogP contribution in [0.25, 0.3) is 11.3 Å². The number of aliphatic hydroxyl groups is 1. The van der Waals surface area contributed by atoms with Gasteiger partial charge >= 0.3 is 0 Å². The van der Waals surface area contributed by atoms with Crippen molar-refractivity contribution in [3.8, 4) is 11.5 Å². The van der Waals surface area contributed by atoms with Crippen LogP contribution in [-0.2, 0) is 4.79 Å². The summed E-state index contributed by atoms with van der Waals surface area (Å²) in [5.74, 6) is -2.00. The number of carbonyl (C=O) groups is 2. The third kappa shape index (κ3) is 2.48. The molecule has 0 radical (unpaired) electrons. The van der Waals surface area contributed by atoms with Gasteiger partial charge in [0.2, 0.25) is 11.6 Å². The number of aliphatic hydroxyl groups excluding tert-OH is 1. The van der Waals surface area contributed by atoms with Crippen LogP contribution in [0.5, 0.6) is 11.5 Å². The van der Waals surface area contributed by atoms with Crippen LogP contribution in [-0.4, -0.2) is 35.8 Å². The first kappa shape index (κ1) is 17.2. The van der Waals surface area contributed by atoms with E-state index in [9.17, 15) is 24.8 Å². The van der Waals surface area contributed by atoms with Gasteiger partial charge in [-0.3, -0.25) is 19.7 Å². The van der Waals surface area contributed by atoms with E-state index in [1.807, 2.05) is 0 Å². The third-order valence-electron chi connectivity index (χ3n) is 4.06. The highest BCUT2D eigenvalue weighted by molar-refractivity contribution is 6.62. The van der Waals surface area contributed by atoms with E-state index < -0.39 is 27.8 Å². The van der Waals surface area contributed by atoms with Crippen LogP contribution in [0.3, 0.4) is 0 Å². The molecule has 1 aliphatic rings. The van der Waals surface area contributed by atoms with Gasteiger partial charge in [0.05, 0.1) is 30.3 Å². The average molecular weight is 355 g/mol. The van der Waals surface area contributed by atoms with E-state index in [-0.39, 0.29) is 33.9 Å². The zero-order valence-electron chi connectivity index (χ0n) is 13.8. The fourth-order valence-corrected chi connectivity index (χ4v) is 2.83. The minimum Gasteiger partial charge on any atom is -0.506 e. The number of hydrogen-bond donors (Lipinski definition) is 1. The van der Waals surface area contributed by atoms with Crippen molar-refractivity contribution < 1.29 is 29.1 Å². The lowest BCUT2D eigenvalue weighted by Gasteiger charge is -2.20. The number of allylic oxidation sites excluding steroid dienone is 1. The minimum absolute atomic E-state index is 0.0420. The van der Waals surface area contributed by atoms with E-state index in [0.717, 1.165) is 0 Å². The van der Waals surface area contributed by atoms with Crippen LogP contribution in [0.15, 0.2) is 36.4 Å². The maximum Gasteiger partial charge on any atom is 0.277 e. The first-order valence-electron chi connectivity index (χ1n) is 7.43. The molecular weight excluding hydrogens is 342 g/mol. The van der Waals surface area contributed by atoms with Gasteiger partial charge in [-0.05, 0) is 18.2 Å². The van der Waals surface area contributed by atoms with E-state index in [4.69, 9.17) is 9.47 Å². The van der Waals surface area contributed by atoms with Crippen molar-refractivity contribution >= 4 is 28.6 Å². The van der Waals surface area contributed by atoms with Gasteiger partial charge in [0.15, 0.2) is 11.5 Å². The molecule has 0 heterocycles. The normalized spacial score (nSPS) is 13.5. The van der Waals surface area contributed by atoms with Gasteiger partial charge < -0.3 is 14.6 Å². The van der Waals surface area contributed by atoms with Crippen LogP contribution >= 0.6 is 0 Å². The highest BCUT2D eigenvalue weighted by atomic mass is 16.6. The van der Waals surface area contributed by atoms with Crippen molar-refractivity contribution in [3.05, 3.63) is 63.2 Å². The number of nitrogens with zero attached hydrogens (tertiary/aromatic N) is 1. The van der Waals surface area contributed by atoms with Gasteiger partial charge in [-0.15, -0.1) is 0 Å². The van der Waals surface area contributed by atoms with Crippen LogP contribution < -0.4 is 9.47 Å². The Morgan fingerprint density at radius 2 is 1.50 bits per heavy atom. The second-order valence-electron chi connectivity index (χ2n) is 5.41. The molecule has 0 saturated carbocycles. The highest BCUT2D eigenvalue weighted by Crippen LogP contribution is 2.41. The smallest absolute Gasteiger partial charge is 0.277 e. The minimum atomic E-state index is -1.03. The summed E-state index contributed by atoms with van der Waals surface area (Å²) in [6.45, 7) is 0. The fourth-order valence-electron chi connectivity index (χ4n) is 2.83. The lowest BCUT2D eigenvalue weighted by molar-refractivity contribution is -0.385. The molecule has 0 bridgehead atoms. The number of methoxy groups -OCH3 is 2. The third-order valence-corrected chi connectivity index (χ3v) is 4.06.